The number of Topliss-reactive ketones (excluding diaryl/α,β-unsaturated/α-hetero) is 1. The average molecular weight is 557 g/mol. The lowest BCUT2D eigenvalue weighted by Crippen LogP contribution is -2.10. The zero-order chi connectivity index (χ0) is 29.0. The number of fused-ring (bicyclic) bond motifs is 1. The molecule has 0 saturated carbocycles. The average Bonchev–Trinajstić information content (AvgIpc) is 3.19. The van der Waals surface area contributed by atoms with E-state index >= 15 is 0 Å². The summed E-state index contributed by atoms with van der Waals surface area (Å²) in [4.78, 5) is 21.6. The van der Waals surface area contributed by atoms with Crippen LogP contribution < -0.4 is 5.32 Å². The fraction of sp³-hybridized carbons (Fsp3) is 0.242. The minimum atomic E-state index is -4.42. The van der Waals surface area contributed by atoms with Gasteiger partial charge in [-0.05, 0) is 54.2 Å². The van der Waals surface area contributed by atoms with Gasteiger partial charge in [0, 0.05) is 31.6 Å². The summed E-state index contributed by atoms with van der Waals surface area (Å²) < 4.78 is 41.1. The number of ketones is 1. The maximum Gasteiger partial charge on any atom is 0.416 e. The molecule has 41 heavy (non-hydrogen) atoms. The van der Waals surface area contributed by atoms with Crippen LogP contribution in [-0.2, 0) is 36.8 Å². The molecule has 1 N–H and O–H groups in total. The van der Waals surface area contributed by atoms with Crippen molar-refractivity contribution in [1.29, 1.82) is 0 Å². The van der Waals surface area contributed by atoms with Crippen molar-refractivity contribution in [2.75, 3.05) is 11.9 Å². The molecule has 0 fully saturated rings. The van der Waals surface area contributed by atoms with E-state index in [9.17, 15) is 18.0 Å². The second-order valence-corrected chi connectivity index (χ2v) is 10.3. The van der Waals surface area contributed by atoms with Crippen LogP contribution in [0, 0.1) is 13.8 Å². The smallest absolute Gasteiger partial charge is 0.369 e. The third-order valence-corrected chi connectivity index (χ3v) is 7.38. The zero-order valence-corrected chi connectivity index (χ0v) is 23.0. The largest absolute Gasteiger partial charge is 0.416 e. The van der Waals surface area contributed by atoms with Crippen LogP contribution >= 0.6 is 0 Å². The standard InChI is InChI=1S/C33H31F3N4O/c1-22-23(2)40(20-26-7-4-3-5-8-26)32-30(22)31(38-21-39-32)37-16-15-24-11-13-25(14-12-24)18-29(41)19-27-9-6-10-28(17-27)33(34,35)36/h3-14,17,21H,15-16,18-20H2,1-2H3,(H,37,38,39). The number of rotatable bonds is 10. The van der Waals surface area contributed by atoms with Gasteiger partial charge < -0.3 is 9.88 Å². The summed E-state index contributed by atoms with van der Waals surface area (Å²) in [5.41, 5.74) is 5.99. The van der Waals surface area contributed by atoms with Crippen molar-refractivity contribution in [2.45, 2.75) is 45.8 Å². The minimum Gasteiger partial charge on any atom is -0.369 e. The molecule has 0 aliphatic rings. The van der Waals surface area contributed by atoms with E-state index in [1.165, 1.54) is 11.6 Å². The molecule has 0 aliphatic heterocycles. The molecular weight excluding hydrogens is 525 g/mol. The molecule has 5 rings (SSSR count). The quantitative estimate of drug-likeness (QED) is 0.199. The minimum absolute atomic E-state index is 0.0328. The first-order valence-electron chi connectivity index (χ1n) is 13.5. The lowest BCUT2D eigenvalue weighted by atomic mass is 10.00. The molecule has 0 spiro atoms. The van der Waals surface area contributed by atoms with E-state index in [1.807, 2.05) is 42.5 Å². The predicted octanol–water partition coefficient (Wildman–Crippen LogP) is 7.12. The van der Waals surface area contributed by atoms with E-state index in [2.05, 4.69) is 45.8 Å². The molecule has 0 saturated heterocycles. The molecule has 0 bridgehead atoms. The molecule has 5 nitrogen and oxygen atoms in total. The van der Waals surface area contributed by atoms with Crippen LogP contribution in [0.3, 0.4) is 0 Å². The molecule has 8 heteroatoms. The van der Waals surface area contributed by atoms with Crippen molar-refractivity contribution >= 4 is 22.6 Å². The summed E-state index contributed by atoms with van der Waals surface area (Å²) in [6, 6.07) is 23.0. The predicted molar refractivity (Wildman–Crippen MR) is 155 cm³/mol. The number of hydrogen-bond donors (Lipinski definition) is 1. The summed E-state index contributed by atoms with van der Waals surface area (Å²) in [6.45, 7) is 5.61. The molecule has 2 aromatic heterocycles. The van der Waals surface area contributed by atoms with E-state index in [0.29, 0.717) is 12.1 Å². The molecule has 0 atom stereocenters. The van der Waals surface area contributed by atoms with Crippen molar-refractivity contribution in [3.05, 3.63) is 124 Å². The van der Waals surface area contributed by atoms with Crippen LogP contribution in [0.15, 0.2) is 85.2 Å². The zero-order valence-electron chi connectivity index (χ0n) is 23.0. The highest BCUT2D eigenvalue weighted by molar-refractivity contribution is 5.92. The number of nitrogens with one attached hydrogen (secondary N) is 1. The molecule has 0 aliphatic carbocycles. The van der Waals surface area contributed by atoms with Gasteiger partial charge in [-0.15, -0.1) is 0 Å². The number of halogens is 3. The Morgan fingerprint density at radius 1 is 0.829 bits per heavy atom. The van der Waals surface area contributed by atoms with Crippen molar-refractivity contribution in [3.8, 4) is 0 Å². The lowest BCUT2D eigenvalue weighted by Gasteiger charge is -2.10. The Kier molecular flexibility index (Phi) is 8.19. The Labute approximate surface area is 237 Å². The van der Waals surface area contributed by atoms with Gasteiger partial charge >= 0.3 is 6.18 Å². The summed E-state index contributed by atoms with van der Waals surface area (Å²) in [5, 5.41) is 4.50. The highest BCUT2D eigenvalue weighted by Gasteiger charge is 2.30. The van der Waals surface area contributed by atoms with Crippen LogP contribution in [-0.4, -0.2) is 26.9 Å². The van der Waals surface area contributed by atoms with Gasteiger partial charge in [0.25, 0.3) is 0 Å². The Hall–Kier alpha value is -4.46. The van der Waals surface area contributed by atoms with Crippen LogP contribution in [0.1, 0.15) is 39.1 Å². The molecule has 2 heterocycles. The summed E-state index contributed by atoms with van der Waals surface area (Å²) >= 11 is 0. The normalized spacial score (nSPS) is 11.6. The fourth-order valence-corrected chi connectivity index (χ4v) is 5.09. The number of alkyl halides is 3. The first kappa shape index (κ1) is 28.1. The Morgan fingerprint density at radius 3 is 2.24 bits per heavy atom. The number of nitrogens with zero attached hydrogens (tertiary/aromatic N) is 3. The maximum atomic E-state index is 13.0. The van der Waals surface area contributed by atoms with E-state index in [0.717, 1.165) is 64.3 Å². The van der Waals surface area contributed by atoms with Crippen molar-refractivity contribution in [2.24, 2.45) is 0 Å². The van der Waals surface area contributed by atoms with Gasteiger partial charge in [-0.1, -0.05) is 72.8 Å². The number of anilines is 1. The molecule has 0 amide bonds. The van der Waals surface area contributed by atoms with E-state index < -0.39 is 11.7 Å². The van der Waals surface area contributed by atoms with Crippen molar-refractivity contribution < 1.29 is 18.0 Å². The number of carbonyl (C=O) groups excluding carboxylic acids is 1. The fourth-order valence-electron chi connectivity index (χ4n) is 5.09. The van der Waals surface area contributed by atoms with Gasteiger partial charge in [0.2, 0.25) is 0 Å². The Balaban J connectivity index is 1.19. The number of benzene rings is 3. The highest BCUT2D eigenvalue weighted by atomic mass is 19.4. The van der Waals surface area contributed by atoms with Crippen LogP contribution in [0.25, 0.3) is 11.0 Å². The molecule has 3 aromatic carbocycles. The topological polar surface area (TPSA) is 59.8 Å². The number of carbonyl (C=O) groups is 1. The lowest BCUT2D eigenvalue weighted by molar-refractivity contribution is -0.137. The van der Waals surface area contributed by atoms with E-state index in [1.54, 1.807) is 12.4 Å². The van der Waals surface area contributed by atoms with Crippen LogP contribution in [0.5, 0.6) is 0 Å². The van der Waals surface area contributed by atoms with Gasteiger partial charge in [0.05, 0.1) is 10.9 Å². The third kappa shape index (κ3) is 6.65. The maximum absolute atomic E-state index is 13.0. The Bertz CT molecular complexity index is 1660. The van der Waals surface area contributed by atoms with Gasteiger partial charge in [-0.2, -0.15) is 13.2 Å². The summed E-state index contributed by atoms with van der Waals surface area (Å²) in [7, 11) is 0. The molecular formula is C33H31F3N4O. The monoisotopic (exact) mass is 556 g/mol. The van der Waals surface area contributed by atoms with E-state index in [4.69, 9.17) is 0 Å². The number of aromatic nitrogens is 3. The molecule has 0 unspecified atom stereocenters. The van der Waals surface area contributed by atoms with Crippen molar-refractivity contribution in [3.63, 3.8) is 0 Å². The second kappa shape index (κ2) is 12.0. The highest BCUT2D eigenvalue weighted by Crippen LogP contribution is 2.30. The van der Waals surface area contributed by atoms with Crippen molar-refractivity contribution in [1.82, 2.24) is 14.5 Å². The summed E-state index contributed by atoms with van der Waals surface area (Å²) in [5.74, 6) is 0.676. The van der Waals surface area contributed by atoms with Gasteiger partial charge in [0.1, 0.15) is 23.6 Å². The third-order valence-electron chi connectivity index (χ3n) is 7.38. The first-order chi connectivity index (χ1) is 19.7. The number of aryl methyl sites for hydroxylation is 1. The second-order valence-electron chi connectivity index (χ2n) is 10.3. The van der Waals surface area contributed by atoms with Gasteiger partial charge in [-0.25, -0.2) is 9.97 Å². The number of hydrogen-bond acceptors (Lipinski definition) is 4. The summed E-state index contributed by atoms with van der Waals surface area (Å²) in [6.07, 6.45) is -1.93. The SMILES string of the molecule is Cc1c(C)n(Cc2ccccc2)c2ncnc(NCCc3ccc(CC(=O)Cc4cccc(C(F)(F)F)c4)cc3)c12. The van der Waals surface area contributed by atoms with E-state index in [-0.39, 0.29) is 18.6 Å². The molecule has 210 valence electrons. The molecule has 5 aromatic rings. The first-order valence-corrected chi connectivity index (χ1v) is 13.5. The molecule has 0 radical (unpaired) electrons. The van der Waals surface area contributed by atoms with Crippen LogP contribution in [0.4, 0.5) is 19.0 Å². The van der Waals surface area contributed by atoms with Crippen LogP contribution in [0.2, 0.25) is 0 Å². The Morgan fingerprint density at radius 2 is 1.51 bits per heavy atom. The van der Waals surface area contributed by atoms with Gasteiger partial charge in [0.15, 0.2) is 0 Å². The van der Waals surface area contributed by atoms with Gasteiger partial charge in [-0.3, -0.25) is 4.79 Å².